The van der Waals surface area contributed by atoms with E-state index in [2.05, 4.69) is 22.3 Å². The van der Waals surface area contributed by atoms with Gasteiger partial charge >= 0.3 is 0 Å². The molecule has 0 saturated carbocycles. The molecule has 1 saturated heterocycles. The molecular weight excluding hydrogens is 442 g/mol. The van der Waals surface area contributed by atoms with Crippen LogP contribution in [0.2, 0.25) is 0 Å². The lowest BCUT2D eigenvalue weighted by atomic mass is 10.1. The molecule has 1 aromatic heterocycles. The van der Waals surface area contributed by atoms with Crippen LogP contribution in [-0.4, -0.2) is 51.4 Å². The van der Waals surface area contributed by atoms with Crippen molar-refractivity contribution in [3.8, 4) is 0 Å². The third-order valence-electron chi connectivity index (χ3n) is 5.58. The summed E-state index contributed by atoms with van der Waals surface area (Å²) >= 11 is 1.17. The summed E-state index contributed by atoms with van der Waals surface area (Å²) < 4.78 is 28.0. The molecule has 0 unspecified atom stereocenters. The highest BCUT2D eigenvalue weighted by molar-refractivity contribution is 7.89. The van der Waals surface area contributed by atoms with E-state index in [9.17, 15) is 13.2 Å². The van der Waals surface area contributed by atoms with Gasteiger partial charge in [-0.25, -0.2) is 8.42 Å². The quantitative estimate of drug-likeness (QED) is 0.512. The molecule has 32 heavy (non-hydrogen) atoms. The summed E-state index contributed by atoms with van der Waals surface area (Å²) in [6.45, 7) is 2.53. The van der Waals surface area contributed by atoms with E-state index in [0.29, 0.717) is 32.7 Å². The molecule has 0 atom stereocenters. The lowest BCUT2D eigenvalue weighted by Gasteiger charge is -2.35. The van der Waals surface area contributed by atoms with E-state index in [1.807, 2.05) is 48.5 Å². The maximum absolute atomic E-state index is 13.3. The van der Waals surface area contributed by atoms with E-state index < -0.39 is 10.0 Å². The second-order valence-electron chi connectivity index (χ2n) is 7.69. The van der Waals surface area contributed by atoms with Gasteiger partial charge in [-0.1, -0.05) is 48.5 Å². The highest BCUT2D eigenvalue weighted by atomic mass is 32.2. The van der Waals surface area contributed by atoms with E-state index in [-0.39, 0.29) is 15.7 Å². The summed E-state index contributed by atoms with van der Waals surface area (Å²) in [6.07, 6.45) is 1.66. The number of hydrogen-bond acceptors (Lipinski definition) is 5. The first-order valence-electron chi connectivity index (χ1n) is 10.8. The molecule has 0 bridgehead atoms. The normalized spacial score (nSPS) is 14.9. The van der Waals surface area contributed by atoms with Gasteiger partial charge in [-0.15, -0.1) is 11.3 Å². The fourth-order valence-electron chi connectivity index (χ4n) is 3.85. The van der Waals surface area contributed by atoms with Crippen LogP contribution in [0.15, 0.2) is 77.0 Å². The molecule has 0 aliphatic carbocycles. The molecular formula is C24H27N3O3S2. The lowest BCUT2D eigenvalue weighted by molar-refractivity contribution is 0.0954. The van der Waals surface area contributed by atoms with Crippen LogP contribution in [0.3, 0.4) is 0 Å². The second kappa shape index (κ2) is 10.3. The minimum Gasteiger partial charge on any atom is -0.369 e. The average molecular weight is 470 g/mol. The predicted octanol–water partition coefficient (Wildman–Crippen LogP) is 3.62. The Balaban J connectivity index is 1.35. The fraction of sp³-hybridized carbons (Fsp3) is 0.292. The number of aryl methyl sites for hydroxylation is 1. The number of piperazine rings is 1. The van der Waals surface area contributed by atoms with Crippen molar-refractivity contribution in [3.05, 3.63) is 82.6 Å². The molecule has 6 nitrogen and oxygen atoms in total. The Hall–Kier alpha value is -2.68. The first kappa shape index (κ1) is 22.5. The van der Waals surface area contributed by atoms with Gasteiger partial charge in [0, 0.05) is 38.4 Å². The van der Waals surface area contributed by atoms with Crippen LogP contribution < -0.4 is 10.2 Å². The van der Waals surface area contributed by atoms with Crippen molar-refractivity contribution in [1.82, 2.24) is 9.62 Å². The Kier molecular flexibility index (Phi) is 7.24. The number of benzene rings is 2. The minimum absolute atomic E-state index is 0.108. The molecule has 1 aliphatic heterocycles. The van der Waals surface area contributed by atoms with E-state index >= 15 is 0 Å². The molecule has 4 rings (SSSR count). The molecule has 1 fully saturated rings. The number of nitrogens with zero attached hydrogens (tertiary/aromatic N) is 2. The molecule has 1 aliphatic rings. The van der Waals surface area contributed by atoms with Crippen molar-refractivity contribution in [1.29, 1.82) is 0 Å². The molecule has 168 valence electrons. The van der Waals surface area contributed by atoms with Gasteiger partial charge < -0.3 is 10.2 Å². The third-order valence-corrected chi connectivity index (χ3v) is 8.57. The molecule has 1 amide bonds. The van der Waals surface area contributed by atoms with E-state index in [0.717, 1.165) is 18.5 Å². The van der Waals surface area contributed by atoms with Crippen LogP contribution in [0.25, 0.3) is 0 Å². The van der Waals surface area contributed by atoms with Crippen LogP contribution >= 0.6 is 11.3 Å². The number of sulfonamides is 1. The van der Waals surface area contributed by atoms with Crippen molar-refractivity contribution < 1.29 is 13.2 Å². The number of anilines is 1. The van der Waals surface area contributed by atoms with Crippen LogP contribution in [0.1, 0.15) is 21.7 Å². The van der Waals surface area contributed by atoms with Crippen LogP contribution in [-0.2, 0) is 16.4 Å². The smallest absolute Gasteiger partial charge is 0.262 e. The maximum atomic E-state index is 13.3. The molecule has 0 spiro atoms. The van der Waals surface area contributed by atoms with E-state index in [1.54, 1.807) is 11.4 Å². The number of para-hydroxylation sites is 1. The Bertz CT molecular complexity index is 1120. The van der Waals surface area contributed by atoms with Gasteiger partial charge in [0.1, 0.15) is 9.77 Å². The Labute approximate surface area is 193 Å². The molecule has 8 heteroatoms. The summed E-state index contributed by atoms with van der Waals surface area (Å²) in [5.74, 6) is -0.324. The third kappa shape index (κ3) is 5.20. The van der Waals surface area contributed by atoms with E-state index in [4.69, 9.17) is 0 Å². The monoisotopic (exact) mass is 469 g/mol. The Morgan fingerprint density at radius 3 is 2.25 bits per heavy atom. The number of thiophene rings is 1. The van der Waals surface area contributed by atoms with Gasteiger partial charge in [-0.2, -0.15) is 4.31 Å². The summed E-state index contributed by atoms with van der Waals surface area (Å²) in [7, 11) is -3.72. The largest absolute Gasteiger partial charge is 0.369 e. The molecule has 1 N–H and O–H groups in total. The standard InChI is InChI=1S/C24H27N3O3S2/c28-24(25-14-7-10-20-8-3-1-4-9-20)23-22(13-19-31-23)32(29,30)27-17-15-26(16-18-27)21-11-5-2-6-12-21/h1-6,8-9,11-13,19H,7,10,14-18H2,(H,25,28). The van der Waals surface area contributed by atoms with Crippen molar-refractivity contribution in [2.45, 2.75) is 17.7 Å². The first-order valence-corrected chi connectivity index (χ1v) is 13.1. The summed E-state index contributed by atoms with van der Waals surface area (Å²) in [4.78, 5) is 15.3. The van der Waals surface area contributed by atoms with Gasteiger partial charge in [0.25, 0.3) is 5.91 Å². The highest BCUT2D eigenvalue weighted by Crippen LogP contribution is 2.27. The number of carbonyl (C=O) groups excluding carboxylic acids is 1. The molecule has 3 aromatic rings. The minimum atomic E-state index is -3.72. The molecule has 0 radical (unpaired) electrons. The van der Waals surface area contributed by atoms with Crippen molar-refractivity contribution >= 4 is 33.0 Å². The zero-order valence-electron chi connectivity index (χ0n) is 17.8. The number of hydrogen-bond donors (Lipinski definition) is 1. The average Bonchev–Trinajstić information content (AvgIpc) is 3.34. The fourth-order valence-corrected chi connectivity index (χ4v) is 6.59. The Morgan fingerprint density at radius 1 is 0.906 bits per heavy atom. The van der Waals surface area contributed by atoms with Gasteiger partial charge in [-0.05, 0) is 42.0 Å². The van der Waals surface area contributed by atoms with Gasteiger partial charge in [0.05, 0.1) is 0 Å². The first-order chi connectivity index (χ1) is 15.6. The highest BCUT2D eigenvalue weighted by Gasteiger charge is 2.32. The second-order valence-corrected chi connectivity index (χ2v) is 10.5. The lowest BCUT2D eigenvalue weighted by Crippen LogP contribution is -2.48. The zero-order valence-corrected chi connectivity index (χ0v) is 19.4. The zero-order chi connectivity index (χ0) is 22.4. The molecule has 2 heterocycles. The predicted molar refractivity (Wildman–Crippen MR) is 129 cm³/mol. The number of nitrogens with one attached hydrogen (secondary N) is 1. The van der Waals surface area contributed by atoms with Gasteiger partial charge in [0.15, 0.2) is 0 Å². The van der Waals surface area contributed by atoms with Crippen LogP contribution in [0.5, 0.6) is 0 Å². The van der Waals surface area contributed by atoms with Crippen molar-refractivity contribution in [2.24, 2.45) is 0 Å². The number of amides is 1. The van der Waals surface area contributed by atoms with Crippen molar-refractivity contribution in [2.75, 3.05) is 37.6 Å². The summed E-state index contributed by atoms with van der Waals surface area (Å²) in [6, 6.07) is 21.6. The van der Waals surface area contributed by atoms with Gasteiger partial charge in [0.2, 0.25) is 10.0 Å². The SMILES string of the molecule is O=C(NCCCc1ccccc1)c1sccc1S(=O)(=O)N1CCN(c2ccccc2)CC1. The Morgan fingerprint density at radius 2 is 1.56 bits per heavy atom. The topological polar surface area (TPSA) is 69.7 Å². The van der Waals surface area contributed by atoms with Crippen molar-refractivity contribution in [3.63, 3.8) is 0 Å². The van der Waals surface area contributed by atoms with Crippen LogP contribution in [0, 0.1) is 0 Å². The van der Waals surface area contributed by atoms with Gasteiger partial charge in [-0.3, -0.25) is 4.79 Å². The van der Waals surface area contributed by atoms with Crippen LogP contribution in [0.4, 0.5) is 5.69 Å². The van der Waals surface area contributed by atoms with E-state index in [1.165, 1.54) is 21.2 Å². The molecule has 2 aromatic carbocycles. The summed E-state index contributed by atoms with van der Waals surface area (Å²) in [5.41, 5.74) is 2.31. The number of carbonyl (C=O) groups is 1. The summed E-state index contributed by atoms with van der Waals surface area (Å²) in [5, 5.41) is 4.55. The number of rotatable bonds is 8. The maximum Gasteiger partial charge on any atom is 0.262 e.